The maximum absolute atomic E-state index is 11.3. The molecule has 0 radical (unpaired) electrons. The lowest BCUT2D eigenvalue weighted by atomic mass is 10.1. The van der Waals surface area contributed by atoms with Crippen molar-refractivity contribution in [3.8, 4) is 5.75 Å². The van der Waals surface area contributed by atoms with E-state index in [-0.39, 0.29) is 12.0 Å². The van der Waals surface area contributed by atoms with Crippen LogP contribution in [0.3, 0.4) is 0 Å². The molecule has 0 bridgehead atoms. The summed E-state index contributed by atoms with van der Waals surface area (Å²) in [7, 11) is 0. The minimum atomic E-state index is -0.0793. The number of anilines is 1. The summed E-state index contributed by atoms with van der Waals surface area (Å²) >= 11 is 0. The Morgan fingerprint density at radius 3 is 2.64 bits per heavy atom. The van der Waals surface area contributed by atoms with Crippen LogP contribution in [0.15, 0.2) is 48.5 Å². The van der Waals surface area contributed by atoms with Crippen molar-refractivity contribution in [2.24, 2.45) is 0 Å². The van der Waals surface area contributed by atoms with Crippen molar-refractivity contribution in [2.75, 3.05) is 18.4 Å². The molecule has 2 aromatic carbocycles. The van der Waals surface area contributed by atoms with Crippen molar-refractivity contribution in [1.82, 2.24) is 4.90 Å². The van der Waals surface area contributed by atoms with Crippen LogP contribution in [0, 0.1) is 0 Å². The fourth-order valence-corrected chi connectivity index (χ4v) is 3.69. The van der Waals surface area contributed by atoms with E-state index in [0.29, 0.717) is 6.04 Å². The quantitative estimate of drug-likeness (QED) is 0.864. The Hall–Kier alpha value is -2.33. The van der Waals surface area contributed by atoms with Crippen LogP contribution in [0.1, 0.15) is 38.0 Å². The summed E-state index contributed by atoms with van der Waals surface area (Å²) in [6.07, 6.45) is 1.01. The third-order valence-corrected chi connectivity index (χ3v) is 4.84. The molecule has 1 amide bonds. The number of amides is 1. The first-order valence-corrected chi connectivity index (χ1v) is 8.98. The molecule has 1 N–H and O–H groups in total. The van der Waals surface area contributed by atoms with Crippen molar-refractivity contribution < 1.29 is 9.53 Å². The molecule has 0 aliphatic heterocycles. The van der Waals surface area contributed by atoms with Crippen LogP contribution in [-0.4, -0.2) is 29.9 Å². The van der Waals surface area contributed by atoms with Gasteiger partial charge in [-0.15, -0.1) is 0 Å². The van der Waals surface area contributed by atoms with Crippen molar-refractivity contribution in [3.05, 3.63) is 59.7 Å². The first-order chi connectivity index (χ1) is 12.1. The van der Waals surface area contributed by atoms with E-state index in [1.807, 2.05) is 24.3 Å². The van der Waals surface area contributed by atoms with Crippen LogP contribution < -0.4 is 10.1 Å². The van der Waals surface area contributed by atoms with Gasteiger partial charge in [0.15, 0.2) is 0 Å². The molecule has 2 unspecified atom stereocenters. The van der Waals surface area contributed by atoms with Gasteiger partial charge >= 0.3 is 0 Å². The summed E-state index contributed by atoms with van der Waals surface area (Å²) in [6.45, 7) is 7.90. The Morgan fingerprint density at radius 1 is 1.16 bits per heavy atom. The topological polar surface area (TPSA) is 41.6 Å². The molecule has 0 saturated heterocycles. The zero-order valence-corrected chi connectivity index (χ0v) is 15.2. The predicted molar refractivity (Wildman–Crippen MR) is 101 cm³/mol. The average Bonchev–Trinajstić information content (AvgIpc) is 2.94. The van der Waals surface area contributed by atoms with Gasteiger partial charge in [0, 0.05) is 18.7 Å². The van der Waals surface area contributed by atoms with E-state index in [4.69, 9.17) is 4.74 Å². The van der Waals surface area contributed by atoms with E-state index in [2.05, 4.69) is 48.3 Å². The summed E-state index contributed by atoms with van der Waals surface area (Å²) in [4.78, 5) is 13.8. The third-order valence-electron chi connectivity index (χ3n) is 4.84. The normalized spacial score (nSPS) is 18.9. The summed E-state index contributed by atoms with van der Waals surface area (Å²) < 4.78 is 6.43. The molecule has 2 atom stereocenters. The van der Waals surface area contributed by atoms with Crippen molar-refractivity contribution >= 4 is 11.6 Å². The Bertz CT molecular complexity index is 740. The first kappa shape index (κ1) is 17.5. The number of likely N-dealkylation sites (N-methyl/N-ethyl adjacent to an activating group) is 1. The highest BCUT2D eigenvalue weighted by atomic mass is 16.5. The summed E-state index contributed by atoms with van der Waals surface area (Å²) in [5, 5.41) is 2.82. The fraction of sp³-hybridized carbons (Fsp3) is 0.381. The highest BCUT2D eigenvalue weighted by Crippen LogP contribution is 2.38. The molecule has 0 fully saturated rings. The average molecular weight is 338 g/mol. The second-order valence-corrected chi connectivity index (χ2v) is 6.44. The number of hydrogen-bond acceptors (Lipinski definition) is 3. The molecule has 0 heterocycles. The van der Waals surface area contributed by atoms with E-state index < -0.39 is 0 Å². The predicted octanol–water partition coefficient (Wildman–Crippen LogP) is 4.03. The van der Waals surface area contributed by atoms with Crippen LogP contribution in [0.25, 0.3) is 0 Å². The van der Waals surface area contributed by atoms with Gasteiger partial charge in [-0.2, -0.15) is 0 Å². The smallest absolute Gasteiger partial charge is 0.221 e. The van der Waals surface area contributed by atoms with Gasteiger partial charge in [-0.3, -0.25) is 9.69 Å². The van der Waals surface area contributed by atoms with Crippen LogP contribution >= 0.6 is 0 Å². The Morgan fingerprint density at radius 2 is 1.92 bits per heavy atom. The molecular weight excluding hydrogens is 312 g/mol. The SMILES string of the molecule is CCN(CC)C1Cc2ccccc2C1Oc1cccc(NC(C)=O)c1. The highest BCUT2D eigenvalue weighted by molar-refractivity contribution is 5.88. The minimum Gasteiger partial charge on any atom is -0.484 e. The number of rotatable bonds is 6. The molecular formula is C21H26N2O2. The third kappa shape index (κ3) is 3.85. The van der Waals surface area contributed by atoms with E-state index >= 15 is 0 Å². The standard InChI is InChI=1S/C21H26N2O2/c1-4-23(5-2)20-13-16-9-6-7-12-19(16)21(20)25-18-11-8-10-17(14-18)22-15(3)24/h6-12,14,20-21H,4-5,13H2,1-3H3,(H,22,24). The lowest BCUT2D eigenvalue weighted by molar-refractivity contribution is -0.114. The van der Waals surface area contributed by atoms with Crippen molar-refractivity contribution in [3.63, 3.8) is 0 Å². The van der Waals surface area contributed by atoms with Gasteiger partial charge in [0.1, 0.15) is 11.9 Å². The number of nitrogens with zero attached hydrogens (tertiary/aromatic N) is 1. The maximum Gasteiger partial charge on any atom is 0.221 e. The number of nitrogens with one attached hydrogen (secondary N) is 1. The summed E-state index contributed by atoms with van der Waals surface area (Å²) in [5.41, 5.74) is 3.39. The zero-order chi connectivity index (χ0) is 17.8. The zero-order valence-electron chi connectivity index (χ0n) is 15.2. The first-order valence-electron chi connectivity index (χ1n) is 8.98. The van der Waals surface area contributed by atoms with Crippen LogP contribution in [-0.2, 0) is 11.2 Å². The van der Waals surface area contributed by atoms with Crippen molar-refractivity contribution in [1.29, 1.82) is 0 Å². The molecule has 1 aliphatic rings. The molecule has 0 saturated carbocycles. The second kappa shape index (κ2) is 7.70. The number of fused-ring (bicyclic) bond motifs is 1. The molecule has 0 aromatic heterocycles. The number of ether oxygens (including phenoxy) is 1. The Labute approximate surface area is 149 Å². The van der Waals surface area contributed by atoms with Gasteiger partial charge in [0.2, 0.25) is 5.91 Å². The number of hydrogen-bond donors (Lipinski definition) is 1. The molecule has 0 spiro atoms. The van der Waals surface area contributed by atoms with Crippen LogP contribution in [0.5, 0.6) is 5.75 Å². The van der Waals surface area contributed by atoms with Crippen LogP contribution in [0.2, 0.25) is 0 Å². The maximum atomic E-state index is 11.3. The fourth-order valence-electron chi connectivity index (χ4n) is 3.69. The molecule has 4 heteroatoms. The Balaban J connectivity index is 1.88. The Kier molecular flexibility index (Phi) is 5.39. The molecule has 2 aromatic rings. The highest BCUT2D eigenvalue weighted by Gasteiger charge is 2.36. The van der Waals surface area contributed by atoms with Gasteiger partial charge in [0.25, 0.3) is 0 Å². The van der Waals surface area contributed by atoms with Crippen LogP contribution in [0.4, 0.5) is 5.69 Å². The summed E-state index contributed by atoms with van der Waals surface area (Å²) in [6, 6.07) is 16.5. The van der Waals surface area contributed by atoms with E-state index in [9.17, 15) is 4.79 Å². The number of carbonyl (C=O) groups excluding carboxylic acids is 1. The number of carbonyl (C=O) groups is 1. The van der Waals surface area contributed by atoms with Gasteiger partial charge in [-0.1, -0.05) is 44.2 Å². The molecule has 1 aliphatic carbocycles. The molecule has 25 heavy (non-hydrogen) atoms. The molecule has 3 rings (SSSR count). The second-order valence-electron chi connectivity index (χ2n) is 6.44. The minimum absolute atomic E-state index is 0.00341. The number of benzene rings is 2. The monoisotopic (exact) mass is 338 g/mol. The largest absolute Gasteiger partial charge is 0.484 e. The van der Waals surface area contributed by atoms with E-state index in [1.165, 1.54) is 18.1 Å². The van der Waals surface area contributed by atoms with Gasteiger partial charge in [-0.25, -0.2) is 0 Å². The van der Waals surface area contributed by atoms with Gasteiger partial charge < -0.3 is 10.1 Å². The van der Waals surface area contributed by atoms with Gasteiger partial charge in [-0.05, 0) is 42.8 Å². The van der Waals surface area contributed by atoms with Crippen molar-refractivity contribution in [2.45, 2.75) is 39.3 Å². The van der Waals surface area contributed by atoms with E-state index in [0.717, 1.165) is 30.9 Å². The van der Waals surface area contributed by atoms with Gasteiger partial charge in [0.05, 0.1) is 6.04 Å². The molecule has 132 valence electrons. The summed E-state index contributed by atoms with van der Waals surface area (Å²) in [5.74, 6) is 0.703. The van der Waals surface area contributed by atoms with E-state index in [1.54, 1.807) is 0 Å². The lowest BCUT2D eigenvalue weighted by Gasteiger charge is -2.31. The lowest BCUT2D eigenvalue weighted by Crippen LogP contribution is -2.39. The molecule has 4 nitrogen and oxygen atoms in total.